The minimum absolute atomic E-state index is 0.0499. The Hall–Kier alpha value is -3.67. The van der Waals surface area contributed by atoms with Crippen molar-refractivity contribution in [2.24, 2.45) is 5.73 Å². The fourth-order valence-electron chi connectivity index (χ4n) is 4.61. The van der Waals surface area contributed by atoms with Crippen molar-refractivity contribution in [1.29, 1.82) is 0 Å². The summed E-state index contributed by atoms with van der Waals surface area (Å²) in [5.41, 5.74) is 10.5. The van der Waals surface area contributed by atoms with Gasteiger partial charge in [-0.2, -0.15) is 0 Å². The minimum atomic E-state index is -0.103. The van der Waals surface area contributed by atoms with Crippen LogP contribution in [0.5, 0.6) is 0 Å². The summed E-state index contributed by atoms with van der Waals surface area (Å²) in [7, 11) is 0. The van der Waals surface area contributed by atoms with Crippen LogP contribution in [0.2, 0.25) is 0 Å². The van der Waals surface area contributed by atoms with Gasteiger partial charge in [-0.1, -0.05) is 97.1 Å². The van der Waals surface area contributed by atoms with Gasteiger partial charge in [0.15, 0.2) is 0 Å². The molecule has 4 rings (SSSR count). The summed E-state index contributed by atoms with van der Waals surface area (Å²) in [5, 5.41) is 9.08. The van der Waals surface area contributed by atoms with Crippen molar-refractivity contribution in [2.75, 3.05) is 13.1 Å². The van der Waals surface area contributed by atoms with Crippen molar-refractivity contribution in [2.45, 2.75) is 45.4 Å². The molecular formula is C32H38N4O. The molecule has 2 amide bonds. The van der Waals surface area contributed by atoms with Crippen molar-refractivity contribution in [3.05, 3.63) is 119 Å². The fourth-order valence-corrected chi connectivity index (χ4v) is 4.61. The van der Waals surface area contributed by atoms with Crippen molar-refractivity contribution >= 4 is 16.8 Å². The normalized spacial score (nSPS) is 11.8. The highest BCUT2D eigenvalue weighted by atomic mass is 16.2. The molecule has 0 aromatic heterocycles. The molecule has 37 heavy (non-hydrogen) atoms. The summed E-state index contributed by atoms with van der Waals surface area (Å²) in [6.45, 7) is 5.56. The highest BCUT2D eigenvalue weighted by Crippen LogP contribution is 2.24. The summed E-state index contributed by atoms with van der Waals surface area (Å²) in [6.07, 6.45) is 1.78. The smallest absolute Gasteiger partial charge is 0.318 e. The van der Waals surface area contributed by atoms with E-state index in [4.69, 9.17) is 5.73 Å². The lowest BCUT2D eigenvalue weighted by molar-refractivity contribution is 0.191. The third kappa shape index (κ3) is 7.66. The zero-order valence-electron chi connectivity index (χ0n) is 21.7. The highest BCUT2D eigenvalue weighted by Gasteiger charge is 2.18. The van der Waals surface area contributed by atoms with Crippen LogP contribution >= 0.6 is 0 Å². The first-order valence-electron chi connectivity index (χ1n) is 13.2. The Morgan fingerprint density at radius 3 is 2.19 bits per heavy atom. The molecule has 0 fully saturated rings. The first-order valence-corrected chi connectivity index (χ1v) is 13.2. The number of carbonyl (C=O) groups is 1. The Morgan fingerprint density at radius 1 is 0.784 bits per heavy atom. The number of hydrogen-bond acceptors (Lipinski definition) is 3. The molecule has 192 valence electrons. The quantitative estimate of drug-likeness (QED) is 0.207. The van der Waals surface area contributed by atoms with E-state index in [1.807, 2.05) is 23.1 Å². The second kappa shape index (κ2) is 13.6. The SMILES string of the molecule is CC(NC(=O)N(CCCCN)Cc1ccc(CNCc2ccccc2)cc1)c1cccc2ccccc12. The number of fused-ring (bicyclic) bond motifs is 1. The lowest BCUT2D eigenvalue weighted by atomic mass is 10.00. The summed E-state index contributed by atoms with van der Waals surface area (Å²) < 4.78 is 0. The Balaban J connectivity index is 1.37. The third-order valence-corrected chi connectivity index (χ3v) is 6.70. The molecule has 0 aliphatic carbocycles. The molecule has 0 aliphatic heterocycles. The van der Waals surface area contributed by atoms with Gasteiger partial charge in [-0.15, -0.1) is 0 Å². The van der Waals surface area contributed by atoms with Gasteiger partial charge in [-0.3, -0.25) is 0 Å². The van der Waals surface area contributed by atoms with E-state index in [0.717, 1.165) is 37.1 Å². The summed E-state index contributed by atoms with van der Waals surface area (Å²) in [5.74, 6) is 0. The number of amides is 2. The van der Waals surface area contributed by atoms with Crippen LogP contribution in [0, 0.1) is 0 Å². The molecule has 4 aromatic rings. The monoisotopic (exact) mass is 494 g/mol. The molecule has 5 heteroatoms. The van der Waals surface area contributed by atoms with Crippen molar-refractivity contribution < 1.29 is 4.79 Å². The van der Waals surface area contributed by atoms with Crippen LogP contribution in [-0.2, 0) is 19.6 Å². The lowest BCUT2D eigenvalue weighted by Gasteiger charge is -2.26. The van der Waals surface area contributed by atoms with E-state index in [1.54, 1.807) is 0 Å². The van der Waals surface area contributed by atoms with Crippen molar-refractivity contribution in [1.82, 2.24) is 15.5 Å². The predicted octanol–water partition coefficient (Wildman–Crippen LogP) is 6.14. The zero-order valence-corrected chi connectivity index (χ0v) is 21.7. The Kier molecular flexibility index (Phi) is 9.69. The average molecular weight is 495 g/mol. The molecule has 4 aromatic carbocycles. The Labute approximate surface area is 220 Å². The largest absolute Gasteiger partial charge is 0.331 e. The van der Waals surface area contributed by atoms with E-state index < -0.39 is 0 Å². The number of nitrogens with two attached hydrogens (primary N) is 1. The minimum Gasteiger partial charge on any atom is -0.331 e. The van der Waals surface area contributed by atoms with Gasteiger partial charge in [0.1, 0.15) is 0 Å². The first kappa shape index (κ1) is 26.4. The Bertz CT molecular complexity index is 1250. The van der Waals surface area contributed by atoms with Gasteiger partial charge in [0, 0.05) is 26.2 Å². The van der Waals surface area contributed by atoms with E-state index in [9.17, 15) is 4.79 Å². The topological polar surface area (TPSA) is 70.4 Å². The van der Waals surface area contributed by atoms with Gasteiger partial charge in [-0.05, 0) is 59.3 Å². The second-order valence-electron chi connectivity index (χ2n) is 9.56. The van der Waals surface area contributed by atoms with Crippen molar-refractivity contribution in [3.63, 3.8) is 0 Å². The highest BCUT2D eigenvalue weighted by molar-refractivity contribution is 5.86. The van der Waals surface area contributed by atoms with Gasteiger partial charge in [0.05, 0.1) is 6.04 Å². The molecular weight excluding hydrogens is 456 g/mol. The number of nitrogens with one attached hydrogen (secondary N) is 2. The number of nitrogens with zero attached hydrogens (tertiary/aromatic N) is 1. The molecule has 0 radical (unpaired) electrons. The molecule has 0 spiro atoms. The predicted molar refractivity (Wildman–Crippen MR) is 153 cm³/mol. The number of rotatable bonds is 12. The molecule has 0 heterocycles. The molecule has 4 N–H and O–H groups in total. The lowest BCUT2D eigenvalue weighted by Crippen LogP contribution is -2.41. The van der Waals surface area contributed by atoms with Gasteiger partial charge in [-0.25, -0.2) is 4.79 Å². The molecule has 5 nitrogen and oxygen atoms in total. The van der Waals surface area contributed by atoms with Crippen LogP contribution < -0.4 is 16.4 Å². The molecule has 0 aliphatic rings. The summed E-state index contributed by atoms with van der Waals surface area (Å²) in [4.78, 5) is 15.3. The fraction of sp³-hybridized carbons (Fsp3) is 0.281. The van der Waals surface area contributed by atoms with Gasteiger partial charge >= 0.3 is 6.03 Å². The van der Waals surface area contributed by atoms with Crippen LogP contribution in [0.4, 0.5) is 4.79 Å². The molecule has 0 bridgehead atoms. The maximum absolute atomic E-state index is 13.4. The zero-order chi connectivity index (χ0) is 25.9. The molecule has 1 atom stereocenters. The van der Waals surface area contributed by atoms with Crippen LogP contribution in [0.15, 0.2) is 97.1 Å². The van der Waals surface area contributed by atoms with Crippen LogP contribution in [-0.4, -0.2) is 24.0 Å². The van der Waals surface area contributed by atoms with Crippen LogP contribution in [0.1, 0.15) is 48.1 Å². The number of hydrogen-bond donors (Lipinski definition) is 3. The van der Waals surface area contributed by atoms with Gasteiger partial charge in [0.2, 0.25) is 0 Å². The second-order valence-corrected chi connectivity index (χ2v) is 9.56. The maximum Gasteiger partial charge on any atom is 0.318 e. The standard InChI is InChI=1S/C32H38N4O/c1-25(30-15-9-13-29-12-5-6-14-31(29)30)35-32(37)36(21-8-7-20-33)24-28-18-16-27(17-19-28)23-34-22-26-10-3-2-4-11-26/h2-6,9-19,25,34H,7-8,20-24,33H2,1H3,(H,35,37). The number of benzene rings is 4. The van der Waals surface area contributed by atoms with E-state index in [0.29, 0.717) is 19.6 Å². The Morgan fingerprint density at radius 2 is 1.43 bits per heavy atom. The number of urea groups is 1. The molecule has 0 saturated carbocycles. The van der Waals surface area contributed by atoms with E-state index in [1.165, 1.54) is 21.9 Å². The van der Waals surface area contributed by atoms with E-state index in [-0.39, 0.29) is 12.1 Å². The molecule has 0 saturated heterocycles. The number of unbranched alkanes of at least 4 members (excludes halogenated alkanes) is 1. The van der Waals surface area contributed by atoms with Crippen LogP contribution in [0.25, 0.3) is 10.8 Å². The van der Waals surface area contributed by atoms with Gasteiger partial charge < -0.3 is 21.3 Å². The van der Waals surface area contributed by atoms with E-state index >= 15 is 0 Å². The average Bonchev–Trinajstić information content (AvgIpc) is 2.93. The summed E-state index contributed by atoms with van der Waals surface area (Å²) >= 11 is 0. The first-order chi connectivity index (χ1) is 18.1. The maximum atomic E-state index is 13.4. The third-order valence-electron chi connectivity index (χ3n) is 6.70. The van der Waals surface area contributed by atoms with Crippen molar-refractivity contribution in [3.8, 4) is 0 Å². The van der Waals surface area contributed by atoms with Gasteiger partial charge in [0.25, 0.3) is 0 Å². The molecule has 1 unspecified atom stereocenters. The number of carbonyl (C=O) groups excluding carboxylic acids is 1. The van der Waals surface area contributed by atoms with E-state index in [2.05, 4.69) is 96.4 Å². The summed E-state index contributed by atoms with van der Waals surface area (Å²) in [6, 6.07) is 33.3. The van der Waals surface area contributed by atoms with Crippen LogP contribution in [0.3, 0.4) is 0 Å².